The maximum atomic E-state index is 14.6. The van der Waals surface area contributed by atoms with Gasteiger partial charge in [0.2, 0.25) is 0 Å². The summed E-state index contributed by atoms with van der Waals surface area (Å²) in [5.41, 5.74) is -4.03. The Morgan fingerprint density at radius 1 is 0.274 bits per heavy atom. The first-order chi connectivity index (χ1) is 31.0. The van der Waals surface area contributed by atoms with Crippen LogP contribution in [-0.4, -0.2) is 142 Å². The van der Waals surface area contributed by atoms with Crippen molar-refractivity contribution >= 4 is 31.8 Å². The van der Waals surface area contributed by atoms with E-state index in [1.54, 1.807) is 0 Å². The molecule has 0 bridgehead atoms. The second kappa shape index (κ2) is 18.2. The molecule has 0 unspecified atom stereocenters. The van der Waals surface area contributed by atoms with E-state index in [-0.39, 0.29) is 0 Å². The minimum Gasteiger partial charge on any atom is -0.282 e. The molecule has 0 aromatic carbocycles. The van der Waals surface area contributed by atoms with Gasteiger partial charge in [0.25, 0.3) is 0 Å². The molecule has 0 aliphatic carbocycles. The van der Waals surface area contributed by atoms with Crippen LogP contribution in [0.3, 0.4) is 0 Å². The van der Waals surface area contributed by atoms with E-state index in [1.807, 2.05) is 0 Å². The third kappa shape index (κ3) is 9.29. The molecule has 437 valence electrons. The highest BCUT2D eigenvalue weighted by atomic mass is 32.2. The highest BCUT2D eigenvalue weighted by molar-refractivity contribution is 8.01. The summed E-state index contributed by atoms with van der Waals surface area (Å²) in [5.74, 6) is -156. The van der Waals surface area contributed by atoms with Crippen LogP contribution in [0, 0.1) is 5.41 Å². The molecule has 48 heteroatoms. The van der Waals surface area contributed by atoms with Crippen LogP contribution in [0.2, 0.25) is 0 Å². The first-order valence-corrected chi connectivity index (χ1v) is 19.0. The molecule has 0 amide bonds. The molecule has 1 radical (unpaired) electrons. The van der Waals surface area contributed by atoms with Gasteiger partial charge in [-0.1, -0.05) is 23.5 Å². The van der Waals surface area contributed by atoms with E-state index in [1.165, 1.54) is 0 Å². The van der Waals surface area contributed by atoms with Gasteiger partial charge in [0, 0.05) is 16.9 Å². The third-order valence-corrected chi connectivity index (χ3v) is 12.5. The highest BCUT2D eigenvalue weighted by Gasteiger charge is 3.00. The molecule has 0 aromatic rings. The van der Waals surface area contributed by atoms with Crippen molar-refractivity contribution in [2.24, 2.45) is 5.41 Å². The molecule has 0 saturated carbocycles. The van der Waals surface area contributed by atoms with Crippen LogP contribution in [0.25, 0.3) is 0 Å². The number of hydrogen-bond acceptors (Lipinski definition) is 5. The van der Waals surface area contributed by atoms with E-state index >= 15 is 0 Å². The minimum absolute atomic E-state index is 2.42. The van der Waals surface area contributed by atoms with Crippen molar-refractivity contribution in [3.05, 3.63) is 0 Å². The van der Waals surface area contributed by atoms with Crippen molar-refractivity contribution in [3.8, 4) is 0 Å². The fraction of sp³-hybridized carbons (Fsp3) is 1.00. The summed E-state index contributed by atoms with van der Waals surface area (Å²) < 4.78 is 594. The number of alkyl halides is 42. The molecule has 0 aromatic heterocycles. The maximum Gasteiger partial charge on any atom is 0.460 e. The van der Waals surface area contributed by atoms with E-state index in [0.717, 1.165) is 0 Å². The second-order valence-corrected chi connectivity index (χ2v) is 17.2. The number of thioether (sulfide) groups is 2. The van der Waals surface area contributed by atoms with Crippen molar-refractivity contribution in [1.82, 2.24) is 0 Å². The fourth-order valence-corrected chi connectivity index (χ4v) is 7.52. The normalized spacial score (nSPS) is 18.7. The molecule has 0 spiro atoms. The Hall–Kier alpha value is -2.22. The van der Waals surface area contributed by atoms with Crippen molar-refractivity contribution in [1.29, 1.82) is 0 Å². The van der Waals surface area contributed by atoms with Gasteiger partial charge in [-0.15, -0.1) is 0 Å². The molecule has 1 aliphatic rings. The molecule has 0 atom stereocenters. The van der Waals surface area contributed by atoms with Crippen LogP contribution < -0.4 is 0 Å². The predicted octanol–water partition coefficient (Wildman–Crippen LogP) is 15.6. The standard InChI is InChI=1S/C25H8F42O3PS2/c26-6(27,10(34,35)14(42,43)18(50,51)22(58,59)60)8(30,31)12(38,39)16(46,47)20(54,55)24(64,65)72-3-5(1-69-71(68)70-2-5)4-73-25(66,67)21(56,57)17(48,49)13(40,41)9(32,33)7(28,29)11(36,37)15(44,45)19(52,53)23(61,62)63/h1-4H2. The highest BCUT2D eigenvalue weighted by Crippen LogP contribution is 2.70. The molecular weight excluding hydrogens is 1240 g/mol. The number of hydrogen-bond donors (Lipinski definition) is 0. The van der Waals surface area contributed by atoms with Crippen LogP contribution in [0.1, 0.15) is 0 Å². The molecule has 0 N–H and O–H groups in total. The summed E-state index contributed by atoms with van der Waals surface area (Å²) in [4.78, 5) is 0. The fourth-order valence-electron chi connectivity index (χ4n) is 4.42. The lowest BCUT2D eigenvalue weighted by Gasteiger charge is -2.45. The first-order valence-electron chi connectivity index (χ1n) is 16.0. The molecular formula is C25H8F42O3PS2. The largest absolute Gasteiger partial charge is 0.460 e. The summed E-state index contributed by atoms with van der Waals surface area (Å²) in [6.07, 6.45) is -16.7. The van der Waals surface area contributed by atoms with Crippen molar-refractivity contribution in [2.75, 3.05) is 24.7 Å². The average Bonchev–Trinajstić information content (AvgIpc) is 3.18. The van der Waals surface area contributed by atoms with Gasteiger partial charge in [0.05, 0.1) is 13.2 Å². The van der Waals surface area contributed by atoms with Crippen LogP contribution >= 0.6 is 31.8 Å². The second-order valence-electron chi connectivity index (χ2n) is 14.1. The average molecular weight is 1250 g/mol. The zero-order chi connectivity index (χ0) is 59.7. The van der Waals surface area contributed by atoms with Gasteiger partial charge in [-0.25, -0.2) is 4.57 Å². The Kier molecular flexibility index (Phi) is 17.1. The summed E-state index contributed by atoms with van der Waals surface area (Å²) in [6, 6.07) is 0. The smallest absolute Gasteiger partial charge is 0.282 e. The minimum atomic E-state index is -9.74. The monoisotopic (exact) mass is 1250 g/mol. The maximum absolute atomic E-state index is 14.6. The molecule has 1 heterocycles. The van der Waals surface area contributed by atoms with Crippen molar-refractivity contribution in [3.63, 3.8) is 0 Å². The Labute approximate surface area is 378 Å². The predicted molar refractivity (Wildman–Crippen MR) is 148 cm³/mol. The van der Waals surface area contributed by atoms with Crippen LogP contribution in [0.5, 0.6) is 0 Å². The molecule has 73 heavy (non-hydrogen) atoms. The SMILES string of the molecule is O=[P]1OCC(CSC(F)(F)C(F)(F)C(F)(F)C(F)(F)C(F)(F)C(F)(F)C(F)(F)C(F)(F)C(F)(F)C(F)(F)F)(CSC(F)(F)C(F)(F)C(F)(F)C(F)(F)C(F)(F)C(F)(F)C(F)(F)C(F)(F)C(F)(F)C(F)(F)F)CO1. The number of rotatable bonds is 22. The zero-order valence-corrected chi connectivity index (χ0v) is 34.2. The molecule has 1 fully saturated rings. The lowest BCUT2D eigenvalue weighted by atomic mass is 9.87. The summed E-state index contributed by atoms with van der Waals surface area (Å²) in [7, 11) is -3.99. The van der Waals surface area contributed by atoms with Gasteiger partial charge in [-0.3, -0.25) is 9.05 Å². The van der Waals surface area contributed by atoms with Gasteiger partial charge in [-0.05, 0) is 0 Å². The summed E-state index contributed by atoms with van der Waals surface area (Å²) in [6.45, 7) is -4.84. The van der Waals surface area contributed by atoms with Crippen LogP contribution in [0.4, 0.5) is 184 Å². The molecule has 1 saturated heterocycles. The van der Waals surface area contributed by atoms with E-state index in [4.69, 9.17) is 0 Å². The van der Waals surface area contributed by atoms with Gasteiger partial charge in [0.15, 0.2) is 0 Å². The lowest BCUT2D eigenvalue weighted by molar-refractivity contribution is -0.472. The van der Waals surface area contributed by atoms with Crippen LogP contribution in [0.15, 0.2) is 0 Å². The van der Waals surface area contributed by atoms with Crippen molar-refractivity contribution < 1.29 is 198 Å². The quantitative estimate of drug-likeness (QED) is 0.0797. The lowest BCUT2D eigenvalue weighted by Crippen LogP contribution is -2.76. The third-order valence-electron chi connectivity index (χ3n) is 9.04. The van der Waals surface area contributed by atoms with E-state index in [2.05, 4.69) is 9.05 Å². The molecule has 3 nitrogen and oxygen atoms in total. The van der Waals surface area contributed by atoms with Crippen LogP contribution in [-0.2, 0) is 13.6 Å². The molecule has 1 rings (SSSR count). The van der Waals surface area contributed by atoms with E-state index < -0.39 is 180 Å². The first kappa shape index (κ1) is 68.8. The Morgan fingerprint density at radius 3 is 0.589 bits per heavy atom. The van der Waals surface area contributed by atoms with E-state index in [0.29, 0.717) is 0 Å². The van der Waals surface area contributed by atoms with Gasteiger partial charge in [-0.2, -0.15) is 184 Å². The molecule has 1 aliphatic heterocycles. The van der Waals surface area contributed by atoms with Gasteiger partial charge >= 0.3 is 126 Å². The van der Waals surface area contributed by atoms with Gasteiger partial charge < -0.3 is 0 Å². The zero-order valence-electron chi connectivity index (χ0n) is 31.7. The topological polar surface area (TPSA) is 35.5 Å². The Balaban J connectivity index is 3.84. The van der Waals surface area contributed by atoms with Gasteiger partial charge in [0.1, 0.15) is 0 Å². The Morgan fingerprint density at radius 2 is 0.425 bits per heavy atom. The summed E-state index contributed by atoms with van der Waals surface area (Å²) in [5, 5.41) is -15.6. The Bertz CT molecular complexity index is 1860. The van der Waals surface area contributed by atoms with E-state index in [9.17, 15) is 189 Å². The number of halogens is 42. The summed E-state index contributed by atoms with van der Waals surface area (Å²) >= 11 is -5.76. The van der Waals surface area contributed by atoms with Crippen molar-refractivity contribution in [2.45, 2.75) is 118 Å².